The summed E-state index contributed by atoms with van der Waals surface area (Å²) in [6.45, 7) is 5.51. The molecule has 2 N–H and O–H groups in total. The van der Waals surface area contributed by atoms with Gasteiger partial charge in [-0.25, -0.2) is 4.79 Å². The number of hydrogen-bond donors (Lipinski definition) is 2. The number of carboxylic acid groups (broad SMARTS) is 1. The fourth-order valence-electron chi connectivity index (χ4n) is 1.80. The Balaban J connectivity index is 0.000000428. The predicted molar refractivity (Wildman–Crippen MR) is 81.7 cm³/mol. The van der Waals surface area contributed by atoms with E-state index in [0.29, 0.717) is 6.61 Å². The molecule has 1 unspecified atom stereocenters. The van der Waals surface area contributed by atoms with E-state index in [-0.39, 0.29) is 11.2 Å². The molecule has 0 radical (unpaired) electrons. The van der Waals surface area contributed by atoms with Gasteiger partial charge in [0, 0.05) is 18.5 Å². The average molecular weight is 305 g/mol. The van der Waals surface area contributed by atoms with Crippen molar-refractivity contribution in [3.63, 3.8) is 0 Å². The average Bonchev–Trinajstić information content (AvgIpc) is 2.44. The summed E-state index contributed by atoms with van der Waals surface area (Å²) in [5, 5.41) is 8.67. The fourth-order valence-corrected chi connectivity index (χ4v) is 2.24. The van der Waals surface area contributed by atoms with Crippen molar-refractivity contribution in [1.82, 2.24) is 4.72 Å². The van der Waals surface area contributed by atoms with Gasteiger partial charge in [0.15, 0.2) is 0 Å². The molecule has 0 aromatic rings. The molecule has 1 saturated heterocycles. The van der Waals surface area contributed by atoms with E-state index in [9.17, 15) is 9.59 Å². The summed E-state index contributed by atoms with van der Waals surface area (Å²) < 4.78 is 7.32. The van der Waals surface area contributed by atoms with Gasteiger partial charge < -0.3 is 9.84 Å². The van der Waals surface area contributed by atoms with Crippen LogP contribution in [0.4, 0.5) is 4.79 Å². The molecule has 1 fully saturated rings. The van der Waals surface area contributed by atoms with Gasteiger partial charge in [0.2, 0.25) is 0 Å². The Morgan fingerprint density at radius 1 is 1.30 bits per heavy atom. The lowest BCUT2D eigenvalue weighted by molar-refractivity contribution is -0.142. The van der Waals surface area contributed by atoms with E-state index in [2.05, 4.69) is 23.3 Å². The van der Waals surface area contributed by atoms with Crippen LogP contribution in [0.3, 0.4) is 0 Å². The Morgan fingerprint density at radius 2 is 1.95 bits per heavy atom. The zero-order valence-electron chi connectivity index (χ0n) is 12.5. The molecule has 0 aliphatic carbocycles. The van der Waals surface area contributed by atoms with Crippen molar-refractivity contribution in [2.45, 2.75) is 58.8 Å². The van der Waals surface area contributed by atoms with Gasteiger partial charge in [-0.15, -0.1) is 0 Å². The summed E-state index contributed by atoms with van der Waals surface area (Å²) in [5.41, 5.74) is 0. The van der Waals surface area contributed by atoms with E-state index < -0.39 is 5.97 Å². The number of ether oxygens (including phenoxy) is 1. The van der Waals surface area contributed by atoms with Crippen molar-refractivity contribution < 1.29 is 19.4 Å². The molecule has 118 valence electrons. The van der Waals surface area contributed by atoms with E-state index >= 15 is 0 Å². The monoisotopic (exact) mass is 305 g/mol. The molecule has 1 aliphatic heterocycles. The highest BCUT2D eigenvalue weighted by atomic mass is 32.2. The zero-order chi connectivity index (χ0) is 15.2. The summed E-state index contributed by atoms with van der Waals surface area (Å²) in [5.74, 6) is -0.698. The van der Waals surface area contributed by atoms with Crippen LogP contribution in [0.1, 0.15) is 58.8 Å². The normalized spacial score (nSPS) is 15.8. The minimum atomic E-state index is -0.607. The van der Waals surface area contributed by atoms with Crippen LogP contribution in [0.5, 0.6) is 0 Å². The van der Waals surface area contributed by atoms with Crippen LogP contribution in [0.15, 0.2) is 0 Å². The van der Waals surface area contributed by atoms with Crippen LogP contribution in [0, 0.1) is 5.92 Å². The second-order valence-electron chi connectivity index (χ2n) is 4.77. The van der Waals surface area contributed by atoms with Crippen molar-refractivity contribution in [2.75, 3.05) is 13.2 Å². The standard InChI is InChI=1S/C11H22O2.C3H5NO2S/c1-3-5-7-9-10(11(12)13)8-6-4-2;5-3-6-2-1-4-7-3/h10H,3-9H2,1-2H3,(H,12,13);4H,1-2H2. The van der Waals surface area contributed by atoms with Crippen molar-refractivity contribution >= 4 is 23.2 Å². The quantitative estimate of drug-likeness (QED) is 0.403. The Hall–Kier alpha value is -0.750. The van der Waals surface area contributed by atoms with Crippen LogP contribution >= 0.6 is 11.9 Å². The van der Waals surface area contributed by atoms with Crippen LogP contribution in [-0.2, 0) is 9.53 Å². The largest absolute Gasteiger partial charge is 0.481 e. The topological polar surface area (TPSA) is 75.6 Å². The lowest BCUT2D eigenvalue weighted by atomic mass is 9.96. The van der Waals surface area contributed by atoms with E-state index in [1.54, 1.807) is 0 Å². The first-order valence-electron chi connectivity index (χ1n) is 7.41. The van der Waals surface area contributed by atoms with Gasteiger partial charge in [0.05, 0.1) is 5.92 Å². The first-order valence-corrected chi connectivity index (χ1v) is 8.22. The third-order valence-electron chi connectivity index (χ3n) is 2.99. The van der Waals surface area contributed by atoms with E-state index in [1.165, 1.54) is 6.42 Å². The van der Waals surface area contributed by atoms with Gasteiger partial charge in [-0.1, -0.05) is 46.0 Å². The van der Waals surface area contributed by atoms with Crippen molar-refractivity contribution in [2.24, 2.45) is 5.92 Å². The third-order valence-corrected chi connectivity index (χ3v) is 3.62. The number of rotatable bonds is 8. The fraction of sp³-hybridized carbons (Fsp3) is 0.857. The molecule has 0 aromatic carbocycles. The lowest BCUT2D eigenvalue weighted by Crippen LogP contribution is -2.22. The molecule has 1 heterocycles. The minimum Gasteiger partial charge on any atom is -0.481 e. The van der Waals surface area contributed by atoms with Gasteiger partial charge in [0.1, 0.15) is 6.61 Å². The molecule has 0 spiro atoms. The van der Waals surface area contributed by atoms with Crippen molar-refractivity contribution in [1.29, 1.82) is 0 Å². The third kappa shape index (κ3) is 11.1. The Morgan fingerprint density at radius 3 is 2.35 bits per heavy atom. The smallest absolute Gasteiger partial charge is 0.382 e. The summed E-state index contributed by atoms with van der Waals surface area (Å²) in [4.78, 5) is 20.9. The molecule has 1 aliphatic rings. The zero-order valence-corrected chi connectivity index (χ0v) is 13.3. The molecular weight excluding hydrogens is 278 g/mol. The van der Waals surface area contributed by atoms with Crippen molar-refractivity contribution in [3.8, 4) is 0 Å². The number of aliphatic carboxylic acids is 1. The first kappa shape index (κ1) is 19.2. The van der Waals surface area contributed by atoms with Crippen LogP contribution in [-0.4, -0.2) is 29.5 Å². The summed E-state index contributed by atoms with van der Waals surface area (Å²) in [6.07, 6.45) is 7.26. The van der Waals surface area contributed by atoms with E-state index in [0.717, 1.165) is 57.0 Å². The predicted octanol–water partition coefficient (Wildman–Crippen LogP) is 3.83. The number of carbonyl (C=O) groups is 2. The second kappa shape index (κ2) is 13.2. The van der Waals surface area contributed by atoms with Gasteiger partial charge in [0.25, 0.3) is 0 Å². The molecule has 1 atom stereocenters. The van der Waals surface area contributed by atoms with Gasteiger partial charge >= 0.3 is 11.3 Å². The Bertz CT molecular complexity index is 266. The van der Waals surface area contributed by atoms with Gasteiger partial charge in [-0.05, 0) is 12.8 Å². The van der Waals surface area contributed by atoms with Gasteiger partial charge in [-0.2, -0.15) is 0 Å². The molecule has 20 heavy (non-hydrogen) atoms. The van der Waals surface area contributed by atoms with Crippen LogP contribution < -0.4 is 4.72 Å². The number of cyclic esters (lactones) is 1. The highest BCUT2D eigenvalue weighted by Crippen LogP contribution is 2.16. The minimum absolute atomic E-state index is 0.0912. The number of carboxylic acids is 1. The first-order chi connectivity index (χ1) is 9.61. The maximum absolute atomic E-state index is 10.8. The molecule has 0 saturated carbocycles. The van der Waals surface area contributed by atoms with Crippen molar-refractivity contribution in [3.05, 3.63) is 0 Å². The number of carbonyl (C=O) groups excluding carboxylic acids is 1. The number of unbranched alkanes of at least 4 members (excludes halogenated alkanes) is 3. The molecule has 0 aromatic heterocycles. The lowest BCUT2D eigenvalue weighted by Gasteiger charge is -2.10. The molecule has 6 heteroatoms. The van der Waals surface area contributed by atoms with Crippen LogP contribution in [0.25, 0.3) is 0 Å². The van der Waals surface area contributed by atoms with Gasteiger partial charge in [-0.3, -0.25) is 9.52 Å². The molecule has 0 bridgehead atoms. The highest BCUT2D eigenvalue weighted by Gasteiger charge is 2.15. The highest BCUT2D eigenvalue weighted by molar-refractivity contribution is 8.11. The second-order valence-corrected chi connectivity index (χ2v) is 5.59. The number of hydrogen-bond acceptors (Lipinski definition) is 5. The number of nitrogens with one attached hydrogen (secondary N) is 1. The molecule has 0 amide bonds. The molecule has 1 rings (SSSR count). The molecule has 5 nitrogen and oxygen atoms in total. The summed E-state index contributed by atoms with van der Waals surface area (Å²) in [6, 6.07) is 0. The Kier molecular flexibility index (Phi) is 12.7. The van der Waals surface area contributed by atoms with E-state index in [1.807, 2.05) is 0 Å². The Labute approximate surface area is 126 Å². The van der Waals surface area contributed by atoms with E-state index in [4.69, 9.17) is 5.11 Å². The SMILES string of the molecule is CCCCCC(CCCC)C(=O)O.O=C1OCCNS1. The van der Waals surface area contributed by atoms with Crippen LogP contribution in [0.2, 0.25) is 0 Å². The summed E-state index contributed by atoms with van der Waals surface area (Å²) >= 11 is 1.01. The maximum atomic E-state index is 10.8. The summed E-state index contributed by atoms with van der Waals surface area (Å²) in [7, 11) is 0. The molecular formula is C14H27NO4S. The maximum Gasteiger partial charge on any atom is 0.382 e.